The minimum Gasteiger partial charge on any atom is -0.411 e. The van der Waals surface area contributed by atoms with Crippen LogP contribution in [-0.4, -0.2) is 16.4 Å². The fraction of sp³-hybridized carbons (Fsp3) is 0.294. The zero-order valence-electron chi connectivity index (χ0n) is 11.4. The van der Waals surface area contributed by atoms with Crippen molar-refractivity contribution in [2.45, 2.75) is 26.2 Å². The Bertz CT molecular complexity index is 464. The number of hydrogen-bond acceptors (Lipinski definition) is 1. The molecule has 0 amide bonds. The average molecular weight is 268 g/mol. The first-order valence-corrected chi connectivity index (χ1v) is 7.80. The Labute approximate surface area is 118 Å². The van der Waals surface area contributed by atoms with Gasteiger partial charge in [0.05, 0.1) is 0 Å². The van der Waals surface area contributed by atoms with Crippen molar-refractivity contribution < 1.29 is 4.43 Å². The zero-order chi connectivity index (χ0) is 13.3. The van der Waals surface area contributed by atoms with E-state index >= 15 is 0 Å². The third-order valence-electron chi connectivity index (χ3n) is 3.11. The number of aryl methyl sites for hydroxylation is 2. The lowest BCUT2D eigenvalue weighted by Gasteiger charge is -2.04. The van der Waals surface area contributed by atoms with Crippen molar-refractivity contribution in [2.75, 3.05) is 6.61 Å². The first-order chi connectivity index (χ1) is 9.38. The van der Waals surface area contributed by atoms with E-state index in [0.717, 1.165) is 25.9 Å². The van der Waals surface area contributed by atoms with Crippen molar-refractivity contribution >= 4 is 14.9 Å². The van der Waals surface area contributed by atoms with Crippen LogP contribution in [0.4, 0.5) is 0 Å². The highest BCUT2D eigenvalue weighted by molar-refractivity contribution is 6.46. The van der Waals surface area contributed by atoms with Gasteiger partial charge in [0, 0.05) is 6.61 Å². The third-order valence-corrected chi connectivity index (χ3v) is 4.02. The summed E-state index contributed by atoms with van der Waals surface area (Å²) in [5, 5.41) is 1.29. The van der Waals surface area contributed by atoms with E-state index < -0.39 is 0 Å². The molecule has 0 saturated carbocycles. The number of rotatable bonds is 7. The van der Waals surface area contributed by atoms with Crippen LogP contribution in [0.3, 0.4) is 0 Å². The maximum Gasteiger partial charge on any atom is 0.268 e. The van der Waals surface area contributed by atoms with Crippen LogP contribution in [0.2, 0.25) is 0 Å². The molecule has 0 unspecified atom stereocenters. The van der Waals surface area contributed by atoms with E-state index in [1.54, 1.807) is 0 Å². The second kappa shape index (κ2) is 7.92. The Balaban J connectivity index is 1.63. The van der Waals surface area contributed by atoms with Crippen molar-refractivity contribution in [3.8, 4) is 0 Å². The summed E-state index contributed by atoms with van der Waals surface area (Å²) in [6.45, 7) is 3.01. The molecule has 0 bridgehead atoms. The molecule has 2 rings (SSSR count). The summed E-state index contributed by atoms with van der Waals surface area (Å²) in [6.07, 6.45) is 3.28. The van der Waals surface area contributed by atoms with Gasteiger partial charge in [0.25, 0.3) is 9.76 Å². The van der Waals surface area contributed by atoms with Gasteiger partial charge in [0.15, 0.2) is 0 Å². The van der Waals surface area contributed by atoms with Gasteiger partial charge in [-0.2, -0.15) is 0 Å². The van der Waals surface area contributed by atoms with Crippen LogP contribution < -0.4 is 5.19 Å². The van der Waals surface area contributed by atoms with Crippen LogP contribution in [0.25, 0.3) is 0 Å². The second-order valence-electron chi connectivity index (χ2n) is 4.59. The molecule has 0 aliphatic rings. The summed E-state index contributed by atoms with van der Waals surface area (Å²) in [6, 6.07) is 19.3. The molecule has 2 heteroatoms. The van der Waals surface area contributed by atoms with Crippen molar-refractivity contribution in [1.29, 1.82) is 0 Å². The third kappa shape index (κ3) is 5.01. The monoisotopic (exact) mass is 268 g/mol. The fourth-order valence-electron chi connectivity index (χ4n) is 1.94. The highest BCUT2D eigenvalue weighted by Crippen LogP contribution is 2.02. The van der Waals surface area contributed by atoms with Gasteiger partial charge in [0.2, 0.25) is 0 Å². The molecular formula is C17H20OSi. The summed E-state index contributed by atoms with van der Waals surface area (Å²) in [5.41, 5.74) is 2.78. The van der Waals surface area contributed by atoms with Gasteiger partial charge in [-0.05, 0) is 35.6 Å². The molecule has 0 saturated heterocycles. The predicted octanol–water partition coefficient (Wildman–Crippen LogP) is 3.14. The normalized spacial score (nSPS) is 10.6. The van der Waals surface area contributed by atoms with Gasteiger partial charge in [-0.15, -0.1) is 0 Å². The topological polar surface area (TPSA) is 9.23 Å². The van der Waals surface area contributed by atoms with Gasteiger partial charge in [-0.25, -0.2) is 0 Å². The molecule has 0 heterocycles. The molecular weight excluding hydrogens is 248 g/mol. The van der Waals surface area contributed by atoms with Gasteiger partial charge >= 0.3 is 0 Å². The maximum absolute atomic E-state index is 5.74. The zero-order valence-corrected chi connectivity index (χ0v) is 12.4. The Hall–Kier alpha value is -1.38. The molecule has 0 aromatic heterocycles. The first-order valence-electron chi connectivity index (χ1n) is 6.89. The molecule has 2 radical (unpaired) electrons. The predicted molar refractivity (Wildman–Crippen MR) is 81.9 cm³/mol. The van der Waals surface area contributed by atoms with Crippen molar-refractivity contribution in [2.24, 2.45) is 0 Å². The minimum absolute atomic E-state index is 0.470. The maximum atomic E-state index is 5.74. The van der Waals surface area contributed by atoms with Gasteiger partial charge < -0.3 is 4.43 Å². The van der Waals surface area contributed by atoms with Crippen molar-refractivity contribution in [3.05, 3.63) is 65.7 Å². The van der Waals surface area contributed by atoms with Crippen LogP contribution in [-0.2, 0) is 17.3 Å². The quantitative estimate of drug-likeness (QED) is 0.554. The molecule has 2 aromatic carbocycles. The largest absolute Gasteiger partial charge is 0.411 e. The van der Waals surface area contributed by atoms with E-state index in [-0.39, 0.29) is 0 Å². The molecule has 0 spiro atoms. The molecule has 19 heavy (non-hydrogen) atoms. The summed E-state index contributed by atoms with van der Waals surface area (Å²) in [7, 11) is 0.470. The Morgan fingerprint density at radius 1 is 0.895 bits per heavy atom. The van der Waals surface area contributed by atoms with Gasteiger partial charge in [-0.3, -0.25) is 0 Å². The Kier molecular flexibility index (Phi) is 5.85. The average Bonchev–Trinajstić information content (AvgIpc) is 2.49. The molecule has 0 atom stereocenters. The molecule has 1 nitrogen and oxygen atoms in total. The summed E-state index contributed by atoms with van der Waals surface area (Å²) >= 11 is 0. The standard InChI is InChI=1S/C17H20OSi/c1-2-15-10-12-17(13-11-15)19-18-14-6-9-16-7-4-3-5-8-16/h3-5,7-8,10-13H,2,6,9,14H2,1H3. The molecule has 0 N–H and O–H groups in total. The smallest absolute Gasteiger partial charge is 0.268 e. The lowest BCUT2D eigenvalue weighted by molar-refractivity contribution is 0.334. The Morgan fingerprint density at radius 3 is 2.32 bits per heavy atom. The van der Waals surface area contributed by atoms with E-state index in [9.17, 15) is 0 Å². The molecule has 98 valence electrons. The van der Waals surface area contributed by atoms with Crippen LogP contribution >= 0.6 is 0 Å². The number of hydrogen-bond donors (Lipinski definition) is 0. The summed E-state index contributed by atoms with van der Waals surface area (Å²) < 4.78 is 5.74. The van der Waals surface area contributed by atoms with Gasteiger partial charge in [0.1, 0.15) is 0 Å². The van der Waals surface area contributed by atoms with E-state index in [4.69, 9.17) is 4.43 Å². The van der Waals surface area contributed by atoms with Crippen molar-refractivity contribution in [1.82, 2.24) is 0 Å². The fourth-order valence-corrected chi connectivity index (χ4v) is 2.65. The van der Waals surface area contributed by atoms with E-state index in [1.807, 2.05) is 0 Å². The SMILES string of the molecule is CCc1ccc([Si]OCCCc2ccccc2)cc1. The highest BCUT2D eigenvalue weighted by Gasteiger charge is 1.97. The van der Waals surface area contributed by atoms with Crippen LogP contribution in [0.5, 0.6) is 0 Å². The highest BCUT2D eigenvalue weighted by atomic mass is 28.2. The second-order valence-corrected chi connectivity index (χ2v) is 5.66. The summed E-state index contributed by atoms with van der Waals surface area (Å²) in [4.78, 5) is 0. The Morgan fingerprint density at radius 2 is 1.63 bits per heavy atom. The van der Waals surface area contributed by atoms with Crippen LogP contribution in [0.15, 0.2) is 54.6 Å². The molecule has 0 aliphatic carbocycles. The van der Waals surface area contributed by atoms with Crippen LogP contribution in [0, 0.1) is 0 Å². The first kappa shape index (κ1) is 14.0. The molecule has 2 aromatic rings. The van der Waals surface area contributed by atoms with E-state index in [2.05, 4.69) is 61.5 Å². The van der Waals surface area contributed by atoms with E-state index in [1.165, 1.54) is 16.3 Å². The van der Waals surface area contributed by atoms with Gasteiger partial charge in [-0.1, -0.05) is 61.5 Å². The van der Waals surface area contributed by atoms with Crippen molar-refractivity contribution in [3.63, 3.8) is 0 Å². The molecule has 0 fully saturated rings. The minimum atomic E-state index is 0.470. The lowest BCUT2D eigenvalue weighted by Crippen LogP contribution is -2.18. The molecule has 0 aliphatic heterocycles. The van der Waals surface area contributed by atoms with E-state index in [0.29, 0.717) is 9.76 Å². The van der Waals surface area contributed by atoms with Crippen LogP contribution in [0.1, 0.15) is 24.5 Å². The lowest BCUT2D eigenvalue weighted by atomic mass is 10.1. The summed E-state index contributed by atoms with van der Waals surface area (Å²) in [5.74, 6) is 0. The number of benzene rings is 2.